The Morgan fingerprint density at radius 3 is 2.14 bits per heavy atom. The molecule has 21 heavy (non-hydrogen) atoms. The molecule has 3 atom stereocenters. The molecule has 3 heteroatoms. The Bertz CT molecular complexity index is 272. The topological polar surface area (TPSA) is 24.5 Å². The molecule has 1 aliphatic carbocycles. The van der Waals surface area contributed by atoms with E-state index in [1.807, 2.05) is 0 Å². The Morgan fingerprint density at radius 2 is 1.52 bits per heavy atom. The van der Waals surface area contributed by atoms with Gasteiger partial charge in [0, 0.05) is 25.2 Å². The van der Waals surface area contributed by atoms with E-state index in [1.54, 1.807) is 0 Å². The van der Waals surface area contributed by atoms with Crippen LogP contribution in [0.5, 0.6) is 0 Å². The van der Waals surface area contributed by atoms with Crippen LogP contribution in [-0.4, -0.2) is 49.8 Å². The second-order valence-corrected chi connectivity index (χ2v) is 7.04. The van der Waals surface area contributed by atoms with Gasteiger partial charge in [-0.05, 0) is 26.8 Å². The standard InChI is InChI=1S/C18H36N2O/c1-16-15-20(13-14-21-16)18-12-10-8-6-4-3-5-7-9-11-17(18)19-2/h16-19H,3-15H2,1-2H3. The maximum atomic E-state index is 5.74. The molecule has 124 valence electrons. The predicted octanol–water partition coefficient (Wildman–Crippen LogP) is 3.58. The van der Waals surface area contributed by atoms with E-state index in [0.717, 1.165) is 19.7 Å². The van der Waals surface area contributed by atoms with Crippen LogP contribution in [-0.2, 0) is 4.74 Å². The number of morpholine rings is 1. The Morgan fingerprint density at radius 1 is 0.905 bits per heavy atom. The van der Waals surface area contributed by atoms with Gasteiger partial charge >= 0.3 is 0 Å². The summed E-state index contributed by atoms with van der Waals surface area (Å²) >= 11 is 0. The molecule has 3 unspecified atom stereocenters. The third-order valence-electron chi connectivity index (χ3n) is 5.34. The normalized spacial score (nSPS) is 34.9. The van der Waals surface area contributed by atoms with Gasteiger partial charge in [-0.25, -0.2) is 0 Å². The Labute approximate surface area is 131 Å². The van der Waals surface area contributed by atoms with E-state index < -0.39 is 0 Å². The summed E-state index contributed by atoms with van der Waals surface area (Å²) in [6.07, 6.45) is 14.5. The molecular formula is C18H36N2O. The molecular weight excluding hydrogens is 260 g/mol. The van der Waals surface area contributed by atoms with Crippen molar-refractivity contribution in [2.75, 3.05) is 26.7 Å². The lowest BCUT2D eigenvalue weighted by Gasteiger charge is -2.41. The summed E-state index contributed by atoms with van der Waals surface area (Å²) in [7, 11) is 2.16. The SMILES string of the molecule is CNC1CCCCCCCCCCC1N1CCOC(C)C1. The molecule has 1 saturated carbocycles. The fourth-order valence-corrected chi connectivity index (χ4v) is 4.09. The van der Waals surface area contributed by atoms with Crippen LogP contribution in [0.1, 0.15) is 71.1 Å². The number of likely N-dealkylation sites (N-methyl/N-ethyl adjacent to an activating group) is 1. The van der Waals surface area contributed by atoms with E-state index in [2.05, 4.69) is 24.2 Å². The number of nitrogens with zero attached hydrogens (tertiary/aromatic N) is 1. The summed E-state index contributed by atoms with van der Waals surface area (Å²) < 4.78 is 5.74. The third kappa shape index (κ3) is 5.88. The lowest BCUT2D eigenvalue weighted by atomic mass is 9.92. The minimum Gasteiger partial charge on any atom is -0.376 e. The third-order valence-corrected chi connectivity index (χ3v) is 5.34. The maximum absolute atomic E-state index is 5.74. The second kappa shape index (κ2) is 9.81. The molecule has 2 aliphatic rings. The summed E-state index contributed by atoms with van der Waals surface area (Å²) in [4.78, 5) is 2.71. The average Bonchev–Trinajstić information content (AvgIpc) is 2.48. The van der Waals surface area contributed by atoms with Gasteiger partial charge in [0.15, 0.2) is 0 Å². The van der Waals surface area contributed by atoms with Gasteiger partial charge in [-0.3, -0.25) is 4.90 Å². The summed E-state index contributed by atoms with van der Waals surface area (Å²) in [5, 5.41) is 3.64. The Balaban J connectivity index is 1.95. The van der Waals surface area contributed by atoms with Gasteiger partial charge < -0.3 is 10.1 Å². The highest BCUT2D eigenvalue weighted by atomic mass is 16.5. The average molecular weight is 296 g/mol. The highest BCUT2D eigenvalue weighted by molar-refractivity contribution is 4.86. The minimum atomic E-state index is 0.401. The van der Waals surface area contributed by atoms with Crippen LogP contribution in [0.3, 0.4) is 0 Å². The zero-order chi connectivity index (χ0) is 14.9. The molecule has 2 rings (SSSR count). The summed E-state index contributed by atoms with van der Waals surface area (Å²) in [5.74, 6) is 0. The number of hydrogen-bond donors (Lipinski definition) is 1. The lowest BCUT2D eigenvalue weighted by molar-refractivity contribution is -0.0417. The summed E-state index contributed by atoms with van der Waals surface area (Å²) in [6, 6.07) is 1.37. The van der Waals surface area contributed by atoms with Crippen molar-refractivity contribution in [1.29, 1.82) is 0 Å². The van der Waals surface area contributed by atoms with Crippen LogP contribution >= 0.6 is 0 Å². The monoisotopic (exact) mass is 296 g/mol. The van der Waals surface area contributed by atoms with Crippen LogP contribution in [0.15, 0.2) is 0 Å². The Hall–Kier alpha value is -0.120. The molecule has 0 bridgehead atoms. The van der Waals surface area contributed by atoms with E-state index in [1.165, 1.54) is 64.2 Å². The van der Waals surface area contributed by atoms with Crippen molar-refractivity contribution < 1.29 is 4.74 Å². The van der Waals surface area contributed by atoms with Crippen molar-refractivity contribution in [3.8, 4) is 0 Å². The zero-order valence-electron chi connectivity index (χ0n) is 14.3. The van der Waals surface area contributed by atoms with Crippen molar-refractivity contribution in [2.45, 2.75) is 89.3 Å². The fourth-order valence-electron chi connectivity index (χ4n) is 4.09. The lowest BCUT2D eigenvalue weighted by Crippen LogP contribution is -2.54. The van der Waals surface area contributed by atoms with Gasteiger partial charge in [0.05, 0.1) is 12.7 Å². The van der Waals surface area contributed by atoms with E-state index in [-0.39, 0.29) is 0 Å². The van der Waals surface area contributed by atoms with Crippen LogP contribution in [0, 0.1) is 0 Å². The van der Waals surface area contributed by atoms with Crippen molar-refractivity contribution in [3.63, 3.8) is 0 Å². The van der Waals surface area contributed by atoms with Gasteiger partial charge in [0.25, 0.3) is 0 Å². The predicted molar refractivity (Wildman–Crippen MR) is 89.8 cm³/mol. The van der Waals surface area contributed by atoms with Gasteiger partial charge in [0.2, 0.25) is 0 Å². The van der Waals surface area contributed by atoms with E-state index in [0.29, 0.717) is 18.2 Å². The number of ether oxygens (including phenoxy) is 1. The number of hydrogen-bond acceptors (Lipinski definition) is 3. The van der Waals surface area contributed by atoms with Gasteiger partial charge in [-0.1, -0.05) is 51.4 Å². The van der Waals surface area contributed by atoms with Gasteiger partial charge in [-0.2, -0.15) is 0 Å². The summed E-state index contributed by atoms with van der Waals surface area (Å²) in [6.45, 7) is 5.36. The molecule has 1 heterocycles. The quantitative estimate of drug-likeness (QED) is 0.843. The molecule has 1 N–H and O–H groups in total. The molecule has 1 aliphatic heterocycles. The molecule has 0 aromatic rings. The van der Waals surface area contributed by atoms with Crippen molar-refractivity contribution in [3.05, 3.63) is 0 Å². The van der Waals surface area contributed by atoms with E-state index in [4.69, 9.17) is 4.74 Å². The number of rotatable bonds is 2. The van der Waals surface area contributed by atoms with Crippen molar-refractivity contribution >= 4 is 0 Å². The first-order valence-electron chi connectivity index (χ1n) is 9.34. The molecule has 2 fully saturated rings. The highest BCUT2D eigenvalue weighted by Gasteiger charge is 2.29. The van der Waals surface area contributed by atoms with E-state index in [9.17, 15) is 0 Å². The smallest absolute Gasteiger partial charge is 0.0674 e. The maximum Gasteiger partial charge on any atom is 0.0674 e. The van der Waals surface area contributed by atoms with Gasteiger partial charge in [-0.15, -0.1) is 0 Å². The van der Waals surface area contributed by atoms with Crippen LogP contribution in [0.2, 0.25) is 0 Å². The second-order valence-electron chi connectivity index (χ2n) is 7.04. The molecule has 0 amide bonds. The zero-order valence-corrected chi connectivity index (χ0v) is 14.3. The molecule has 0 aromatic carbocycles. The van der Waals surface area contributed by atoms with E-state index >= 15 is 0 Å². The molecule has 3 nitrogen and oxygen atoms in total. The molecule has 0 aromatic heterocycles. The first-order chi connectivity index (χ1) is 10.3. The van der Waals surface area contributed by atoms with Crippen LogP contribution < -0.4 is 5.32 Å². The highest BCUT2D eigenvalue weighted by Crippen LogP contribution is 2.22. The number of nitrogens with one attached hydrogen (secondary N) is 1. The molecule has 1 saturated heterocycles. The summed E-state index contributed by atoms with van der Waals surface area (Å²) in [5.41, 5.74) is 0. The first kappa shape index (κ1) is 17.2. The molecule has 0 spiro atoms. The van der Waals surface area contributed by atoms with Crippen molar-refractivity contribution in [1.82, 2.24) is 10.2 Å². The fraction of sp³-hybridized carbons (Fsp3) is 1.00. The molecule has 0 radical (unpaired) electrons. The van der Waals surface area contributed by atoms with Crippen LogP contribution in [0.25, 0.3) is 0 Å². The van der Waals surface area contributed by atoms with Crippen LogP contribution in [0.4, 0.5) is 0 Å². The Kier molecular flexibility index (Phi) is 8.05. The van der Waals surface area contributed by atoms with Gasteiger partial charge in [0.1, 0.15) is 0 Å². The first-order valence-corrected chi connectivity index (χ1v) is 9.34. The minimum absolute atomic E-state index is 0.401. The largest absolute Gasteiger partial charge is 0.376 e. The van der Waals surface area contributed by atoms with Crippen molar-refractivity contribution in [2.24, 2.45) is 0 Å².